The van der Waals surface area contributed by atoms with Crippen molar-refractivity contribution in [2.24, 2.45) is 0 Å². The van der Waals surface area contributed by atoms with Gasteiger partial charge in [0.2, 0.25) is 5.91 Å². The summed E-state index contributed by atoms with van der Waals surface area (Å²) in [5.41, 5.74) is 3.38. The molecule has 0 atom stereocenters. The summed E-state index contributed by atoms with van der Waals surface area (Å²) >= 11 is 14.8. The number of carbonyl (C=O) groups is 1. The Hall–Kier alpha value is -2.32. The van der Waals surface area contributed by atoms with Crippen molar-refractivity contribution in [2.75, 3.05) is 11.1 Å². The largest absolute Gasteiger partial charge is 0.325 e. The van der Waals surface area contributed by atoms with Crippen LogP contribution in [0.3, 0.4) is 0 Å². The van der Waals surface area contributed by atoms with Crippen molar-refractivity contribution in [2.45, 2.75) is 31.3 Å². The Balaban J connectivity index is 1.51. The molecule has 0 unspecified atom stereocenters. The number of rotatable bonds is 5. The minimum atomic E-state index is -0.224. The van der Waals surface area contributed by atoms with E-state index in [0.717, 1.165) is 46.3 Å². The first kappa shape index (κ1) is 22.5. The van der Waals surface area contributed by atoms with Gasteiger partial charge in [0.15, 0.2) is 5.16 Å². The Morgan fingerprint density at radius 2 is 2.00 bits per heavy atom. The zero-order valence-electron chi connectivity index (χ0n) is 17.7. The van der Waals surface area contributed by atoms with Crippen LogP contribution in [0.15, 0.2) is 52.4 Å². The van der Waals surface area contributed by atoms with Crippen molar-refractivity contribution in [3.63, 3.8) is 0 Å². The van der Waals surface area contributed by atoms with Gasteiger partial charge in [-0.25, -0.2) is 4.98 Å². The van der Waals surface area contributed by atoms with E-state index >= 15 is 0 Å². The number of benzene rings is 2. The first-order valence-electron chi connectivity index (χ1n) is 10.4. The van der Waals surface area contributed by atoms with Crippen molar-refractivity contribution >= 4 is 68.1 Å². The van der Waals surface area contributed by atoms with Gasteiger partial charge in [-0.1, -0.05) is 53.2 Å². The molecule has 168 valence electrons. The third kappa shape index (κ3) is 4.30. The second-order valence-electron chi connectivity index (χ2n) is 7.82. The van der Waals surface area contributed by atoms with Gasteiger partial charge < -0.3 is 5.32 Å². The predicted molar refractivity (Wildman–Crippen MR) is 138 cm³/mol. The normalized spacial score (nSPS) is 12.8. The lowest BCUT2D eigenvalue weighted by atomic mass is 10.2. The first-order chi connectivity index (χ1) is 15.9. The van der Waals surface area contributed by atoms with E-state index in [2.05, 4.69) is 5.32 Å². The van der Waals surface area contributed by atoms with E-state index < -0.39 is 0 Å². The standard InChI is InChI=1S/C24H19Cl2N3O2S2/c1-13-5-2-3-7-18(13)29-23(31)21-15-6-4-8-19(15)33-22(21)28-24(29)32-12-20(30)27-14-9-10-16(25)17(26)11-14/h2-3,5,7,9-11H,4,6,8,12H2,1H3,(H,27,30). The maximum Gasteiger partial charge on any atom is 0.267 e. The lowest BCUT2D eigenvalue weighted by Gasteiger charge is -2.14. The summed E-state index contributed by atoms with van der Waals surface area (Å²) in [4.78, 5) is 33.2. The third-order valence-corrected chi connectivity index (χ3v) is 8.46. The first-order valence-corrected chi connectivity index (χ1v) is 13.0. The van der Waals surface area contributed by atoms with E-state index in [0.29, 0.717) is 20.9 Å². The molecular formula is C24H19Cl2N3O2S2. The average molecular weight is 516 g/mol. The fraction of sp³-hybridized carbons (Fsp3) is 0.208. The summed E-state index contributed by atoms with van der Waals surface area (Å²) < 4.78 is 1.65. The summed E-state index contributed by atoms with van der Waals surface area (Å²) in [7, 11) is 0. The molecule has 9 heteroatoms. The summed E-state index contributed by atoms with van der Waals surface area (Å²) in [5.74, 6) is -0.132. The highest BCUT2D eigenvalue weighted by atomic mass is 35.5. The van der Waals surface area contributed by atoms with Gasteiger partial charge in [-0.3, -0.25) is 14.2 Å². The van der Waals surface area contributed by atoms with E-state index in [1.54, 1.807) is 34.1 Å². The second kappa shape index (κ2) is 9.14. The molecule has 33 heavy (non-hydrogen) atoms. The highest BCUT2D eigenvalue weighted by molar-refractivity contribution is 7.99. The van der Waals surface area contributed by atoms with Crippen LogP contribution in [-0.2, 0) is 17.6 Å². The number of thiophene rings is 1. The maximum absolute atomic E-state index is 13.7. The number of nitrogens with zero attached hydrogens (tertiary/aromatic N) is 2. The van der Waals surface area contributed by atoms with E-state index in [1.165, 1.54) is 16.6 Å². The van der Waals surface area contributed by atoms with Crippen molar-refractivity contribution in [3.05, 3.63) is 78.9 Å². The number of para-hydroxylation sites is 1. The SMILES string of the molecule is Cc1ccccc1-n1c(SCC(=O)Nc2ccc(Cl)c(Cl)c2)nc2sc3c(c2c1=O)CCC3. The van der Waals surface area contributed by atoms with Crippen LogP contribution in [0.25, 0.3) is 15.9 Å². The molecule has 5 rings (SSSR count). The van der Waals surface area contributed by atoms with Gasteiger partial charge in [0, 0.05) is 10.6 Å². The Morgan fingerprint density at radius 1 is 1.18 bits per heavy atom. The Kier molecular flexibility index (Phi) is 6.22. The van der Waals surface area contributed by atoms with Crippen molar-refractivity contribution < 1.29 is 4.79 Å². The molecule has 0 radical (unpaired) electrons. The lowest BCUT2D eigenvalue weighted by Crippen LogP contribution is -2.23. The number of fused-ring (bicyclic) bond motifs is 3. The maximum atomic E-state index is 13.7. The number of hydrogen-bond acceptors (Lipinski definition) is 5. The van der Waals surface area contributed by atoms with Gasteiger partial charge in [-0.05, 0) is 61.6 Å². The van der Waals surface area contributed by atoms with Crippen LogP contribution >= 0.6 is 46.3 Å². The third-order valence-electron chi connectivity index (χ3n) is 5.60. The number of aromatic nitrogens is 2. The monoisotopic (exact) mass is 515 g/mol. The Bertz CT molecular complexity index is 1460. The minimum absolute atomic E-state index is 0.0684. The summed E-state index contributed by atoms with van der Waals surface area (Å²) in [6.07, 6.45) is 2.99. The summed E-state index contributed by atoms with van der Waals surface area (Å²) in [5, 5.41) is 4.84. The Labute approximate surface area is 208 Å². The topological polar surface area (TPSA) is 64.0 Å². The molecule has 1 N–H and O–H groups in total. The van der Waals surface area contributed by atoms with Gasteiger partial charge in [0.25, 0.3) is 5.56 Å². The summed E-state index contributed by atoms with van der Waals surface area (Å²) in [6.45, 7) is 1.97. The second-order valence-corrected chi connectivity index (χ2v) is 10.7. The fourth-order valence-corrected chi connectivity index (χ4v) is 6.46. The van der Waals surface area contributed by atoms with Crippen LogP contribution in [0, 0.1) is 6.92 Å². The minimum Gasteiger partial charge on any atom is -0.325 e. The van der Waals surface area contributed by atoms with E-state index in [9.17, 15) is 9.59 Å². The average Bonchev–Trinajstić information content (AvgIpc) is 3.37. The van der Waals surface area contributed by atoms with Crippen molar-refractivity contribution in [1.29, 1.82) is 0 Å². The number of anilines is 1. The van der Waals surface area contributed by atoms with Gasteiger partial charge in [-0.15, -0.1) is 11.3 Å². The molecule has 0 fully saturated rings. The number of carbonyl (C=O) groups excluding carboxylic acids is 1. The molecule has 1 aliphatic rings. The van der Waals surface area contributed by atoms with Crippen LogP contribution in [0.4, 0.5) is 5.69 Å². The molecule has 0 spiro atoms. The fourth-order valence-electron chi connectivity index (χ4n) is 4.05. The predicted octanol–water partition coefficient (Wildman–Crippen LogP) is 6.28. The number of thioether (sulfide) groups is 1. The van der Waals surface area contributed by atoms with Gasteiger partial charge in [0.1, 0.15) is 4.83 Å². The molecule has 2 heterocycles. The molecule has 2 aromatic heterocycles. The molecule has 5 nitrogen and oxygen atoms in total. The van der Waals surface area contributed by atoms with Crippen LogP contribution < -0.4 is 10.9 Å². The Morgan fingerprint density at radius 3 is 2.79 bits per heavy atom. The van der Waals surface area contributed by atoms with Gasteiger partial charge in [-0.2, -0.15) is 0 Å². The molecule has 0 saturated carbocycles. The molecular weight excluding hydrogens is 497 g/mol. The number of halogens is 2. The van der Waals surface area contributed by atoms with Crippen LogP contribution in [0.2, 0.25) is 10.0 Å². The molecule has 2 aromatic carbocycles. The molecule has 0 aliphatic heterocycles. The number of hydrogen-bond donors (Lipinski definition) is 1. The van der Waals surface area contributed by atoms with E-state index in [1.807, 2.05) is 31.2 Å². The molecule has 0 bridgehead atoms. The zero-order valence-corrected chi connectivity index (χ0v) is 20.8. The summed E-state index contributed by atoms with van der Waals surface area (Å²) in [6, 6.07) is 12.7. The number of amides is 1. The molecule has 1 amide bonds. The van der Waals surface area contributed by atoms with Gasteiger partial charge >= 0.3 is 0 Å². The lowest BCUT2D eigenvalue weighted by molar-refractivity contribution is -0.113. The van der Waals surface area contributed by atoms with E-state index in [-0.39, 0.29) is 17.2 Å². The van der Waals surface area contributed by atoms with Crippen LogP contribution in [-0.4, -0.2) is 21.2 Å². The zero-order chi connectivity index (χ0) is 23.1. The smallest absolute Gasteiger partial charge is 0.267 e. The van der Waals surface area contributed by atoms with Gasteiger partial charge in [0.05, 0.1) is 26.9 Å². The quantitative estimate of drug-likeness (QED) is 0.251. The molecule has 1 aliphatic carbocycles. The highest BCUT2D eigenvalue weighted by Gasteiger charge is 2.24. The van der Waals surface area contributed by atoms with Crippen molar-refractivity contribution in [1.82, 2.24) is 9.55 Å². The van der Waals surface area contributed by atoms with Crippen molar-refractivity contribution in [3.8, 4) is 5.69 Å². The van der Waals surface area contributed by atoms with Crippen LogP contribution in [0.1, 0.15) is 22.4 Å². The molecule has 4 aromatic rings. The van der Waals surface area contributed by atoms with Crippen LogP contribution in [0.5, 0.6) is 0 Å². The highest BCUT2D eigenvalue weighted by Crippen LogP contribution is 2.36. The number of aryl methyl sites for hydroxylation is 3. The van der Waals surface area contributed by atoms with E-state index in [4.69, 9.17) is 28.2 Å². The number of nitrogens with one attached hydrogen (secondary N) is 1. The molecule has 0 saturated heterocycles.